The normalized spacial score (nSPS) is 22.3. The largest absolute Gasteiger partial charge is 0.366 e. The van der Waals surface area contributed by atoms with E-state index in [-0.39, 0.29) is 0 Å². The first-order valence-electron chi connectivity index (χ1n) is 9.93. The van der Waals surface area contributed by atoms with Crippen LogP contribution in [0.5, 0.6) is 0 Å². The molecule has 29 heavy (non-hydrogen) atoms. The zero-order chi connectivity index (χ0) is 19.8. The molecule has 0 radical (unpaired) electrons. The Hall–Kier alpha value is -3.25. The van der Waals surface area contributed by atoms with Crippen LogP contribution >= 0.6 is 0 Å². The average Bonchev–Trinajstić information content (AvgIpc) is 3.22. The summed E-state index contributed by atoms with van der Waals surface area (Å²) in [7, 11) is 0. The number of piperidine rings is 1. The maximum Gasteiger partial charge on any atom is 0.251 e. The number of hydrogen-bond donors (Lipinski definition) is 2. The Morgan fingerprint density at radius 1 is 0.966 bits per heavy atom. The molecule has 2 atom stereocenters. The molecule has 2 unspecified atom stereocenters. The smallest absolute Gasteiger partial charge is 0.251 e. The van der Waals surface area contributed by atoms with Gasteiger partial charge in [0.15, 0.2) is 0 Å². The quantitative estimate of drug-likeness (QED) is 0.681. The van der Waals surface area contributed by atoms with Crippen LogP contribution in [0.2, 0.25) is 0 Å². The minimum Gasteiger partial charge on any atom is -0.366 e. The number of nitrogens with one attached hydrogen (secondary N) is 1. The van der Waals surface area contributed by atoms with E-state index in [2.05, 4.69) is 68.7 Å². The first kappa shape index (κ1) is 17.8. The third-order valence-corrected chi connectivity index (χ3v) is 6.00. The van der Waals surface area contributed by atoms with Gasteiger partial charge in [-0.1, -0.05) is 54.6 Å². The van der Waals surface area contributed by atoms with Crippen molar-refractivity contribution in [3.63, 3.8) is 0 Å². The van der Waals surface area contributed by atoms with Crippen LogP contribution in [0.3, 0.4) is 0 Å². The van der Waals surface area contributed by atoms with Crippen LogP contribution in [-0.2, 0) is 6.54 Å². The second-order valence-corrected chi connectivity index (χ2v) is 7.84. The molecule has 3 N–H and O–H groups in total. The van der Waals surface area contributed by atoms with Crippen LogP contribution < -0.4 is 16.0 Å². The molecule has 1 aliphatic heterocycles. The van der Waals surface area contributed by atoms with Crippen molar-refractivity contribution < 1.29 is 4.79 Å². The molecule has 2 fully saturated rings. The summed E-state index contributed by atoms with van der Waals surface area (Å²) in [6.45, 7) is 2.78. The fourth-order valence-corrected chi connectivity index (χ4v) is 4.29. The van der Waals surface area contributed by atoms with Crippen molar-refractivity contribution >= 4 is 11.9 Å². The molecule has 0 spiro atoms. The number of nitrogens with zero attached hydrogens (tertiary/aromatic N) is 3. The van der Waals surface area contributed by atoms with E-state index in [1.807, 2.05) is 6.07 Å². The number of fused-ring (bicyclic) bond motifs is 1. The number of aromatic nitrogens is 2. The summed E-state index contributed by atoms with van der Waals surface area (Å²) < 4.78 is 0. The Kier molecular flexibility index (Phi) is 4.48. The Balaban J connectivity index is 1.13. The van der Waals surface area contributed by atoms with Crippen molar-refractivity contribution in [1.29, 1.82) is 0 Å². The maximum absolute atomic E-state index is 11.1. The molecule has 1 aliphatic carbocycles. The summed E-state index contributed by atoms with van der Waals surface area (Å²) >= 11 is 0. The molecule has 2 aliphatic rings. The highest BCUT2D eigenvalue weighted by Crippen LogP contribution is 2.46. The van der Waals surface area contributed by atoms with Crippen LogP contribution in [-0.4, -0.2) is 35.0 Å². The van der Waals surface area contributed by atoms with Gasteiger partial charge in [-0.2, -0.15) is 0 Å². The van der Waals surface area contributed by atoms with Crippen molar-refractivity contribution in [2.45, 2.75) is 12.6 Å². The van der Waals surface area contributed by atoms with Gasteiger partial charge in [0.1, 0.15) is 0 Å². The second-order valence-electron chi connectivity index (χ2n) is 7.84. The third-order valence-electron chi connectivity index (χ3n) is 6.00. The molecule has 5 rings (SSSR count). The van der Waals surface area contributed by atoms with Gasteiger partial charge in [-0.3, -0.25) is 4.79 Å². The zero-order valence-corrected chi connectivity index (χ0v) is 16.0. The van der Waals surface area contributed by atoms with E-state index in [9.17, 15) is 4.79 Å². The maximum atomic E-state index is 11.1. The van der Waals surface area contributed by atoms with Crippen LogP contribution in [0.25, 0.3) is 11.1 Å². The van der Waals surface area contributed by atoms with Crippen molar-refractivity contribution in [3.05, 3.63) is 78.1 Å². The average molecular weight is 385 g/mol. The molecule has 3 aromatic rings. The molecule has 0 bridgehead atoms. The molecular weight excluding hydrogens is 362 g/mol. The molecule has 6 heteroatoms. The minimum absolute atomic E-state index is 0.343. The first-order valence-corrected chi connectivity index (χ1v) is 9.93. The summed E-state index contributed by atoms with van der Waals surface area (Å²) in [5.74, 6) is 1.45. The Morgan fingerprint density at radius 3 is 2.21 bits per heavy atom. The lowest BCUT2D eigenvalue weighted by molar-refractivity contribution is 0.0999. The molecule has 1 saturated carbocycles. The van der Waals surface area contributed by atoms with Crippen LogP contribution in [0, 0.1) is 11.8 Å². The Bertz CT molecular complexity index is 992. The van der Waals surface area contributed by atoms with Crippen LogP contribution in [0.4, 0.5) is 5.95 Å². The first-order chi connectivity index (χ1) is 14.2. The number of carbonyl (C=O) groups excluding carboxylic acids is 1. The fourth-order valence-electron chi connectivity index (χ4n) is 4.29. The Labute approximate surface area is 169 Å². The van der Waals surface area contributed by atoms with E-state index in [4.69, 9.17) is 5.73 Å². The highest BCUT2D eigenvalue weighted by atomic mass is 16.1. The van der Waals surface area contributed by atoms with Crippen molar-refractivity contribution in [2.24, 2.45) is 17.6 Å². The fraction of sp³-hybridized carbons (Fsp3) is 0.261. The van der Waals surface area contributed by atoms with E-state index < -0.39 is 5.91 Å². The summed E-state index contributed by atoms with van der Waals surface area (Å²) in [4.78, 5) is 21.9. The minimum atomic E-state index is -0.498. The molecular formula is C23H23N5O. The van der Waals surface area contributed by atoms with E-state index in [0.29, 0.717) is 29.4 Å². The molecule has 1 amide bonds. The Morgan fingerprint density at radius 2 is 1.59 bits per heavy atom. The standard InChI is InChI=1S/C23H23N5O/c24-22(29)18-11-26-23(27-12-18)28-13-19-20(14-28)21(19)25-10-15-6-8-17(9-7-15)16-4-2-1-3-5-16/h1-9,11-12,19-21,25H,10,13-14H2,(H2,24,29). The van der Waals surface area contributed by atoms with Crippen molar-refractivity contribution in [3.8, 4) is 11.1 Å². The number of nitrogens with two attached hydrogens (primary N) is 1. The number of primary amides is 1. The SMILES string of the molecule is NC(=O)c1cnc(N2CC3C(C2)C3NCc2ccc(-c3ccccc3)cc2)nc1. The van der Waals surface area contributed by atoms with E-state index in [1.54, 1.807) is 0 Å². The summed E-state index contributed by atoms with van der Waals surface area (Å²) in [5.41, 5.74) is 9.38. The van der Waals surface area contributed by atoms with E-state index in [0.717, 1.165) is 19.6 Å². The lowest BCUT2D eigenvalue weighted by Gasteiger charge is -2.20. The number of rotatable bonds is 6. The predicted molar refractivity (Wildman–Crippen MR) is 112 cm³/mol. The van der Waals surface area contributed by atoms with Gasteiger partial charge in [0.05, 0.1) is 5.56 Å². The van der Waals surface area contributed by atoms with Gasteiger partial charge >= 0.3 is 0 Å². The molecule has 1 aromatic heterocycles. The molecule has 6 nitrogen and oxygen atoms in total. The lowest BCUT2D eigenvalue weighted by atomic mass is 10.0. The molecule has 2 heterocycles. The van der Waals surface area contributed by atoms with Crippen LogP contribution in [0.1, 0.15) is 15.9 Å². The summed E-state index contributed by atoms with van der Waals surface area (Å²) in [6.07, 6.45) is 3.01. The van der Waals surface area contributed by atoms with Gasteiger partial charge in [-0.05, 0) is 28.5 Å². The number of hydrogen-bond acceptors (Lipinski definition) is 5. The topological polar surface area (TPSA) is 84.1 Å². The predicted octanol–water partition coefficient (Wildman–Crippen LogP) is 2.47. The summed E-state index contributed by atoms with van der Waals surface area (Å²) in [5, 5.41) is 3.70. The highest BCUT2D eigenvalue weighted by Gasteiger charge is 2.55. The number of amides is 1. The van der Waals surface area contributed by atoms with Gasteiger partial charge < -0.3 is 16.0 Å². The zero-order valence-electron chi connectivity index (χ0n) is 16.0. The monoisotopic (exact) mass is 385 g/mol. The molecule has 2 aromatic carbocycles. The van der Waals surface area contributed by atoms with E-state index in [1.165, 1.54) is 29.1 Å². The highest BCUT2D eigenvalue weighted by molar-refractivity contribution is 5.92. The van der Waals surface area contributed by atoms with Gasteiger partial charge in [0.2, 0.25) is 5.95 Å². The third kappa shape index (κ3) is 3.59. The van der Waals surface area contributed by atoms with Gasteiger partial charge in [0, 0.05) is 38.1 Å². The molecule has 1 saturated heterocycles. The molecule has 146 valence electrons. The van der Waals surface area contributed by atoms with Crippen molar-refractivity contribution in [1.82, 2.24) is 15.3 Å². The van der Waals surface area contributed by atoms with Gasteiger partial charge in [-0.25, -0.2) is 9.97 Å². The van der Waals surface area contributed by atoms with E-state index >= 15 is 0 Å². The second kappa shape index (κ2) is 7.29. The lowest BCUT2D eigenvalue weighted by Crippen LogP contribution is -2.32. The summed E-state index contributed by atoms with van der Waals surface area (Å²) in [6, 6.07) is 19.8. The number of benzene rings is 2. The van der Waals surface area contributed by atoms with Crippen molar-refractivity contribution in [2.75, 3.05) is 18.0 Å². The number of carbonyl (C=O) groups is 1. The van der Waals surface area contributed by atoms with Crippen LogP contribution in [0.15, 0.2) is 67.0 Å². The van der Waals surface area contributed by atoms with Gasteiger partial charge in [0.25, 0.3) is 5.91 Å². The van der Waals surface area contributed by atoms with Gasteiger partial charge in [-0.15, -0.1) is 0 Å². The number of anilines is 1.